The molecule has 0 saturated carbocycles. The Balaban J connectivity index is 1.71. The van der Waals surface area contributed by atoms with Crippen molar-refractivity contribution in [3.8, 4) is 11.3 Å². The fourth-order valence-electron chi connectivity index (χ4n) is 2.23. The van der Waals surface area contributed by atoms with Crippen LogP contribution < -0.4 is 5.43 Å². The maximum absolute atomic E-state index is 12.8. The van der Waals surface area contributed by atoms with Crippen LogP contribution in [0.5, 0.6) is 0 Å². The van der Waals surface area contributed by atoms with E-state index in [0.29, 0.717) is 17.1 Å². The number of halogens is 1. The molecular formula is C18H12FN3O4. The molecule has 0 aliphatic heterocycles. The highest BCUT2D eigenvalue weighted by molar-refractivity contribution is 5.94. The van der Waals surface area contributed by atoms with Gasteiger partial charge in [-0.3, -0.25) is 14.9 Å². The lowest BCUT2D eigenvalue weighted by Crippen LogP contribution is -2.17. The molecule has 0 unspecified atom stereocenters. The number of nitrogens with one attached hydrogen (secondary N) is 1. The van der Waals surface area contributed by atoms with Crippen LogP contribution in [0.15, 0.2) is 70.2 Å². The van der Waals surface area contributed by atoms with E-state index in [1.54, 1.807) is 30.3 Å². The van der Waals surface area contributed by atoms with Crippen LogP contribution in [0.3, 0.4) is 0 Å². The zero-order chi connectivity index (χ0) is 18.5. The maximum Gasteiger partial charge on any atom is 0.280 e. The van der Waals surface area contributed by atoms with Gasteiger partial charge in [0.15, 0.2) is 0 Å². The van der Waals surface area contributed by atoms with Crippen LogP contribution >= 0.6 is 0 Å². The first-order chi connectivity index (χ1) is 12.5. The summed E-state index contributed by atoms with van der Waals surface area (Å²) in [5.74, 6) is -0.337. The summed E-state index contributed by atoms with van der Waals surface area (Å²) in [4.78, 5) is 22.4. The minimum Gasteiger partial charge on any atom is -0.455 e. The van der Waals surface area contributed by atoms with Crippen molar-refractivity contribution < 1.29 is 18.5 Å². The number of hydrogen-bond acceptors (Lipinski definition) is 5. The van der Waals surface area contributed by atoms with Crippen molar-refractivity contribution >= 4 is 17.8 Å². The van der Waals surface area contributed by atoms with Crippen LogP contribution in [0.2, 0.25) is 0 Å². The molecule has 0 aliphatic carbocycles. The molecule has 1 heterocycles. The van der Waals surface area contributed by atoms with Gasteiger partial charge in [-0.1, -0.05) is 12.1 Å². The smallest absolute Gasteiger partial charge is 0.280 e. The van der Waals surface area contributed by atoms with Gasteiger partial charge in [0, 0.05) is 11.6 Å². The van der Waals surface area contributed by atoms with Crippen molar-refractivity contribution in [3.05, 3.63) is 87.9 Å². The van der Waals surface area contributed by atoms with E-state index in [1.165, 1.54) is 36.5 Å². The first kappa shape index (κ1) is 17.0. The lowest BCUT2D eigenvalue weighted by atomic mass is 10.1. The van der Waals surface area contributed by atoms with Crippen molar-refractivity contribution in [1.29, 1.82) is 0 Å². The van der Waals surface area contributed by atoms with Crippen LogP contribution in [0.25, 0.3) is 11.3 Å². The Labute approximate surface area is 146 Å². The fraction of sp³-hybridized carbons (Fsp3) is 0. The zero-order valence-electron chi connectivity index (χ0n) is 13.3. The Kier molecular flexibility index (Phi) is 4.84. The van der Waals surface area contributed by atoms with Crippen LogP contribution in [-0.4, -0.2) is 17.0 Å². The number of carbonyl (C=O) groups excluding carboxylic acids is 1. The molecule has 0 aliphatic rings. The summed E-state index contributed by atoms with van der Waals surface area (Å²) in [6.07, 6.45) is 1.26. The number of benzene rings is 2. The molecule has 0 saturated heterocycles. The molecule has 2 aromatic carbocycles. The van der Waals surface area contributed by atoms with E-state index in [9.17, 15) is 19.3 Å². The Morgan fingerprint density at radius 2 is 1.85 bits per heavy atom. The van der Waals surface area contributed by atoms with Gasteiger partial charge in [0.2, 0.25) is 0 Å². The second-order valence-electron chi connectivity index (χ2n) is 5.18. The highest BCUT2D eigenvalue weighted by atomic mass is 19.1. The summed E-state index contributed by atoms with van der Waals surface area (Å²) in [5.41, 5.74) is 2.80. The number of carbonyl (C=O) groups is 1. The van der Waals surface area contributed by atoms with Crippen LogP contribution in [0, 0.1) is 15.9 Å². The van der Waals surface area contributed by atoms with E-state index in [2.05, 4.69) is 10.5 Å². The Hall–Kier alpha value is -3.81. The number of para-hydroxylation sites is 1. The third-order valence-electron chi connectivity index (χ3n) is 3.46. The molecule has 130 valence electrons. The predicted molar refractivity (Wildman–Crippen MR) is 92.3 cm³/mol. The first-order valence-electron chi connectivity index (χ1n) is 7.47. The van der Waals surface area contributed by atoms with Crippen molar-refractivity contribution in [3.63, 3.8) is 0 Å². The lowest BCUT2D eigenvalue weighted by Gasteiger charge is -1.99. The maximum atomic E-state index is 12.8. The summed E-state index contributed by atoms with van der Waals surface area (Å²) in [7, 11) is 0. The van der Waals surface area contributed by atoms with Gasteiger partial charge < -0.3 is 4.42 Å². The molecule has 7 nitrogen and oxygen atoms in total. The molecule has 1 aromatic heterocycles. The molecule has 3 rings (SSSR count). The summed E-state index contributed by atoms with van der Waals surface area (Å²) in [6.45, 7) is 0. The number of nitrogens with zero attached hydrogens (tertiary/aromatic N) is 2. The highest BCUT2D eigenvalue weighted by Crippen LogP contribution is 2.30. The minimum absolute atomic E-state index is 0.0741. The topological polar surface area (TPSA) is 97.7 Å². The van der Waals surface area contributed by atoms with Crippen LogP contribution in [0.4, 0.5) is 10.1 Å². The van der Waals surface area contributed by atoms with E-state index >= 15 is 0 Å². The number of hydrazone groups is 1. The van der Waals surface area contributed by atoms with Gasteiger partial charge >= 0.3 is 0 Å². The molecule has 0 bridgehead atoms. The van der Waals surface area contributed by atoms with Gasteiger partial charge in [0.1, 0.15) is 17.3 Å². The fourth-order valence-corrected chi connectivity index (χ4v) is 2.23. The SMILES string of the molecule is O=C(N/N=C/c1ccc(-c2ccccc2[N+](=O)[O-])o1)c1ccc(F)cc1. The van der Waals surface area contributed by atoms with Crippen molar-refractivity contribution in [1.82, 2.24) is 5.43 Å². The third kappa shape index (κ3) is 3.81. The molecular weight excluding hydrogens is 341 g/mol. The molecule has 26 heavy (non-hydrogen) atoms. The standard InChI is InChI=1S/C18H12FN3O4/c19-13-7-5-12(6-8-13)18(23)21-20-11-14-9-10-17(26-14)15-3-1-2-4-16(15)22(24)25/h1-11H,(H,21,23)/b20-11+. The quantitative estimate of drug-likeness (QED) is 0.429. The molecule has 0 spiro atoms. The molecule has 8 heteroatoms. The van der Waals surface area contributed by atoms with E-state index in [1.807, 2.05) is 0 Å². The number of furan rings is 1. The van der Waals surface area contributed by atoms with E-state index in [-0.39, 0.29) is 11.3 Å². The van der Waals surface area contributed by atoms with Crippen LogP contribution in [-0.2, 0) is 0 Å². The average Bonchev–Trinajstić information content (AvgIpc) is 3.11. The van der Waals surface area contributed by atoms with Crippen molar-refractivity contribution in [2.75, 3.05) is 0 Å². The molecule has 3 aromatic rings. The largest absolute Gasteiger partial charge is 0.455 e. The normalized spacial score (nSPS) is 10.8. The number of amides is 1. The summed E-state index contributed by atoms with van der Waals surface area (Å²) in [6, 6.07) is 14.3. The lowest BCUT2D eigenvalue weighted by molar-refractivity contribution is -0.384. The van der Waals surface area contributed by atoms with E-state index in [0.717, 1.165) is 0 Å². The van der Waals surface area contributed by atoms with Gasteiger partial charge in [0.05, 0.1) is 16.7 Å². The molecule has 0 atom stereocenters. The second-order valence-corrected chi connectivity index (χ2v) is 5.18. The number of nitro benzene ring substituents is 1. The third-order valence-corrected chi connectivity index (χ3v) is 3.46. The van der Waals surface area contributed by atoms with E-state index in [4.69, 9.17) is 4.42 Å². The first-order valence-corrected chi connectivity index (χ1v) is 7.47. The predicted octanol–water partition coefficient (Wildman–Crippen LogP) is 3.76. The Morgan fingerprint density at radius 3 is 2.58 bits per heavy atom. The van der Waals surface area contributed by atoms with E-state index < -0.39 is 16.6 Å². The number of nitro groups is 1. The molecule has 1 N–H and O–H groups in total. The van der Waals surface area contributed by atoms with Gasteiger partial charge in [-0.25, -0.2) is 9.82 Å². The minimum atomic E-state index is -0.508. The highest BCUT2D eigenvalue weighted by Gasteiger charge is 2.16. The average molecular weight is 353 g/mol. The Bertz CT molecular complexity index is 980. The molecule has 1 amide bonds. The number of hydrogen-bond donors (Lipinski definition) is 1. The number of rotatable bonds is 5. The summed E-state index contributed by atoms with van der Waals surface area (Å²) >= 11 is 0. The second kappa shape index (κ2) is 7.39. The monoisotopic (exact) mass is 353 g/mol. The van der Waals surface area contributed by atoms with Gasteiger partial charge in [-0.05, 0) is 42.5 Å². The van der Waals surface area contributed by atoms with Gasteiger partial charge in [-0.15, -0.1) is 0 Å². The molecule has 0 fully saturated rings. The molecule has 0 radical (unpaired) electrons. The zero-order valence-corrected chi connectivity index (χ0v) is 13.3. The van der Waals surface area contributed by atoms with Crippen molar-refractivity contribution in [2.45, 2.75) is 0 Å². The van der Waals surface area contributed by atoms with Gasteiger partial charge in [0.25, 0.3) is 11.6 Å². The summed E-state index contributed by atoms with van der Waals surface area (Å²) in [5, 5.41) is 14.8. The summed E-state index contributed by atoms with van der Waals surface area (Å²) < 4.78 is 18.3. The Morgan fingerprint density at radius 1 is 1.12 bits per heavy atom. The van der Waals surface area contributed by atoms with Crippen molar-refractivity contribution in [2.24, 2.45) is 5.10 Å². The van der Waals surface area contributed by atoms with Crippen LogP contribution in [0.1, 0.15) is 16.1 Å². The van der Waals surface area contributed by atoms with Gasteiger partial charge in [-0.2, -0.15) is 5.10 Å².